The second-order valence-corrected chi connectivity index (χ2v) is 5.60. The lowest BCUT2D eigenvalue weighted by Crippen LogP contribution is -2.42. The molecule has 1 aromatic carbocycles. The van der Waals surface area contributed by atoms with Gasteiger partial charge in [-0.25, -0.2) is 4.79 Å². The zero-order valence-electron chi connectivity index (χ0n) is 14.2. The molecule has 9 nitrogen and oxygen atoms in total. The summed E-state index contributed by atoms with van der Waals surface area (Å²) >= 11 is 0. The van der Waals surface area contributed by atoms with Crippen molar-refractivity contribution < 1.29 is 28.5 Å². The van der Waals surface area contributed by atoms with Crippen molar-refractivity contribution in [2.75, 3.05) is 52.1 Å². The molecule has 3 rings (SSSR count). The van der Waals surface area contributed by atoms with E-state index in [-0.39, 0.29) is 31.8 Å². The third-order valence-electron chi connectivity index (χ3n) is 4.09. The zero-order chi connectivity index (χ0) is 17.8. The van der Waals surface area contributed by atoms with Gasteiger partial charge in [0, 0.05) is 39.1 Å². The summed E-state index contributed by atoms with van der Waals surface area (Å²) in [6.07, 6.45) is -0.511. The summed E-state index contributed by atoms with van der Waals surface area (Å²) in [5.74, 6) is 1.02. The van der Waals surface area contributed by atoms with Crippen molar-refractivity contribution in [1.82, 2.24) is 10.2 Å². The molecule has 1 saturated heterocycles. The number of nitrogens with zero attached hydrogens (tertiary/aromatic N) is 2. The van der Waals surface area contributed by atoms with Crippen LogP contribution in [0.5, 0.6) is 11.5 Å². The van der Waals surface area contributed by atoms with E-state index in [2.05, 4.69) is 5.32 Å². The van der Waals surface area contributed by atoms with Crippen molar-refractivity contribution in [2.45, 2.75) is 6.29 Å². The molecule has 0 aliphatic carbocycles. The largest absolute Gasteiger partial charge is 0.454 e. The fourth-order valence-electron chi connectivity index (χ4n) is 2.71. The van der Waals surface area contributed by atoms with Gasteiger partial charge >= 0.3 is 6.03 Å². The number of carbonyl (C=O) groups is 2. The first-order valence-corrected chi connectivity index (χ1v) is 7.90. The van der Waals surface area contributed by atoms with Gasteiger partial charge in [-0.1, -0.05) is 0 Å². The summed E-state index contributed by atoms with van der Waals surface area (Å²) in [4.78, 5) is 27.7. The van der Waals surface area contributed by atoms with Gasteiger partial charge in [-0.15, -0.1) is 0 Å². The Labute approximate surface area is 145 Å². The van der Waals surface area contributed by atoms with Crippen LogP contribution in [-0.2, 0) is 14.3 Å². The van der Waals surface area contributed by atoms with Crippen molar-refractivity contribution in [3.05, 3.63) is 18.2 Å². The topological polar surface area (TPSA) is 89.6 Å². The first-order chi connectivity index (χ1) is 12.1. The Kier molecular flexibility index (Phi) is 5.25. The first-order valence-electron chi connectivity index (χ1n) is 7.90. The van der Waals surface area contributed by atoms with E-state index >= 15 is 0 Å². The smallest absolute Gasteiger partial charge is 0.325 e. The van der Waals surface area contributed by atoms with Crippen LogP contribution in [0.3, 0.4) is 0 Å². The molecular formula is C16H21N3O6. The minimum atomic E-state index is -0.511. The van der Waals surface area contributed by atoms with E-state index in [1.165, 1.54) is 19.1 Å². The molecule has 0 radical (unpaired) electrons. The number of hydrogen-bond acceptors (Lipinski definition) is 6. The zero-order valence-corrected chi connectivity index (χ0v) is 14.2. The van der Waals surface area contributed by atoms with Gasteiger partial charge < -0.3 is 29.2 Å². The van der Waals surface area contributed by atoms with Crippen LogP contribution >= 0.6 is 0 Å². The lowest BCUT2D eigenvalue weighted by molar-refractivity contribution is -0.127. The van der Waals surface area contributed by atoms with Crippen LogP contribution in [0.4, 0.5) is 10.5 Å². The van der Waals surface area contributed by atoms with Gasteiger partial charge in [-0.2, -0.15) is 0 Å². The highest BCUT2D eigenvalue weighted by molar-refractivity contribution is 5.96. The van der Waals surface area contributed by atoms with Crippen molar-refractivity contribution >= 4 is 17.6 Å². The summed E-state index contributed by atoms with van der Waals surface area (Å²) in [5, 5.41) is 2.68. The summed E-state index contributed by atoms with van der Waals surface area (Å²) in [5.41, 5.74) is 0.719. The molecule has 25 heavy (non-hydrogen) atoms. The number of carbonyl (C=O) groups excluding carboxylic acids is 2. The number of urea groups is 1. The summed E-state index contributed by atoms with van der Waals surface area (Å²) in [7, 11) is 2.99. The molecule has 0 atom stereocenters. The van der Waals surface area contributed by atoms with Crippen LogP contribution in [0, 0.1) is 0 Å². The quantitative estimate of drug-likeness (QED) is 0.715. The molecule has 2 heterocycles. The summed E-state index contributed by atoms with van der Waals surface area (Å²) < 4.78 is 20.6. The highest BCUT2D eigenvalue weighted by atomic mass is 16.7. The number of amides is 3. The molecule has 1 fully saturated rings. The van der Waals surface area contributed by atoms with Crippen molar-refractivity contribution in [3.8, 4) is 11.5 Å². The molecule has 1 N–H and O–H groups in total. The first kappa shape index (κ1) is 17.3. The molecule has 1 aromatic rings. The summed E-state index contributed by atoms with van der Waals surface area (Å²) in [6, 6.07) is 5.13. The maximum atomic E-state index is 12.5. The minimum Gasteiger partial charge on any atom is -0.454 e. The summed E-state index contributed by atoms with van der Waals surface area (Å²) in [6.45, 7) is 1.37. The molecular weight excluding hydrogens is 330 g/mol. The van der Waals surface area contributed by atoms with Gasteiger partial charge in [-0.3, -0.25) is 9.69 Å². The maximum absolute atomic E-state index is 12.5. The van der Waals surface area contributed by atoms with E-state index in [0.717, 1.165) is 5.69 Å². The number of benzene rings is 1. The maximum Gasteiger partial charge on any atom is 0.325 e. The van der Waals surface area contributed by atoms with E-state index in [4.69, 9.17) is 18.9 Å². The average molecular weight is 351 g/mol. The van der Waals surface area contributed by atoms with Crippen LogP contribution < -0.4 is 19.7 Å². The highest BCUT2D eigenvalue weighted by Crippen LogP contribution is 2.36. The molecule has 0 spiro atoms. The number of fused-ring (bicyclic) bond motifs is 1. The van der Waals surface area contributed by atoms with E-state index < -0.39 is 6.29 Å². The fraction of sp³-hybridized carbons (Fsp3) is 0.500. The molecule has 0 bridgehead atoms. The Hall–Kier alpha value is -2.52. The SMILES string of the molecule is COC(CNC(=O)CN1CCN(c2ccc3c(c2)OCO3)C1=O)OC. The van der Waals surface area contributed by atoms with Crippen LogP contribution in [-0.4, -0.2) is 70.3 Å². The second-order valence-electron chi connectivity index (χ2n) is 5.60. The Balaban J connectivity index is 1.56. The van der Waals surface area contributed by atoms with Gasteiger partial charge in [0.1, 0.15) is 6.54 Å². The molecule has 0 saturated carbocycles. The Morgan fingerprint density at radius 3 is 2.76 bits per heavy atom. The van der Waals surface area contributed by atoms with Crippen molar-refractivity contribution in [1.29, 1.82) is 0 Å². The van der Waals surface area contributed by atoms with E-state index in [1.807, 2.05) is 0 Å². The van der Waals surface area contributed by atoms with Gasteiger partial charge in [0.2, 0.25) is 12.7 Å². The van der Waals surface area contributed by atoms with E-state index in [0.29, 0.717) is 24.6 Å². The molecule has 136 valence electrons. The Morgan fingerprint density at radius 1 is 1.24 bits per heavy atom. The number of anilines is 1. The lowest BCUT2D eigenvalue weighted by Gasteiger charge is -2.19. The number of hydrogen-bond donors (Lipinski definition) is 1. The molecule has 2 aliphatic heterocycles. The minimum absolute atomic E-state index is 0.0139. The molecule has 3 amide bonds. The number of methoxy groups -OCH3 is 2. The highest BCUT2D eigenvalue weighted by Gasteiger charge is 2.31. The van der Waals surface area contributed by atoms with E-state index in [9.17, 15) is 9.59 Å². The van der Waals surface area contributed by atoms with E-state index in [1.54, 1.807) is 23.1 Å². The third kappa shape index (κ3) is 3.77. The van der Waals surface area contributed by atoms with Crippen LogP contribution in [0.25, 0.3) is 0 Å². The lowest BCUT2D eigenvalue weighted by atomic mass is 10.2. The van der Waals surface area contributed by atoms with Gasteiger partial charge in [0.15, 0.2) is 17.8 Å². The number of rotatable bonds is 7. The Morgan fingerprint density at radius 2 is 2.00 bits per heavy atom. The standard InChI is InChI=1S/C16H21N3O6/c1-22-15(23-2)8-17-14(20)9-18-5-6-19(16(18)21)11-3-4-12-13(7-11)25-10-24-12/h3-4,7,15H,5-6,8-10H2,1-2H3,(H,17,20). The molecule has 0 unspecified atom stereocenters. The van der Waals surface area contributed by atoms with Crippen LogP contribution in [0.1, 0.15) is 0 Å². The second kappa shape index (κ2) is 7.58. The average Bonchev–Trinajstić information content (AvgIpc) is 3.22. The molecule has 9 heteroatoms. The number of ether oxygens (including phenoxy) is 4. The fourth-order valence-corrected chi connectivity index (χ4v) is 2.71. The van der Waals surface area contributed by atoms with Crippen molar-refractivity contribution in [3.63, 3.8) is 0 Å². The number of nitrogens with one attached hydrogen (secondary N) is 1. The van der Waals surface area contributed by atoms with Crippen LogP contribution in [0.2, 0.25) is 0 Å². The normalized spacial score (nSPS) is 16.0. The molecule has 0 aromatic heterocycles. The third-order valence-corrected chi connectivity index (χ3v) is 4.09. The predicted molar refractivity (Wildman–Crippen MR) is 87.7 cm³/mol. The van der Waals surface area contributed by atoms with Gasteiger partial charge in [-0.05, 0) is 12.1 Å². The Bertz CT molecular complexity index is 649. The van der Waals surface area contributed by atoms with Crippen molar-refractivity contribution in [2.24, 2.45) is 0 Å². The van der Waals surface area contributed by atoms with Gasteiger partial charge in [0.25, 0.3) is 0 Å². The monoisotopic (exact) mass is 351 g/mol. The van der Waals surface area contributed by atoms with Crippen LogP contribution in [0.15, 0.2) is 18.2 Å². The molecule has 2 aliphatic rings. The predicted octanol–water partition coefficient (Wildman–Crippen LogP) is 0.392. The van der Waals surface area contributed by atoms with Gasteiger partial charge in [0.05, 0.1) is 6.54 Å².